The predicted octanol–water partition coefficient (Wildman–Crippen LogP) is 3.44. The normalized spacial score (nSPS) is 15.1. The Labute approximate surface area is 171 Å². The summed E-state index contributed by atoms with van der Waals surface area (Å²) < 4.78 is 5.36. The number of nitro benzene ring substituents is 1. The molecule has 3 rings (SSSR count). The number of likely N-dealkylation sites (N-methyl/N-ethyl adjacent to an activating group) is 1. The third kappa shape index (κ3) is 5.12. The molecular weight excluding hydrogens is 370 g/mol. The summed E-state index contributed by atoms with van der Waals surface area (Å²) in [6, 6.07) is 14.0. The van der Waals surface area contributed by atoms with Crippen LogP contribution in [0.15, 0.2) is 48.5 Å². The fraction of sp³-hybridized carbons (Fsp3) is 0.409. The molecule has 0 aliphatic carbocycles. The fourth-order valence-corrected chi connectivity index (χ4v) is 3.81. The molecule has 7 heteroatoms. The van der Waals surface area contributed by atoms with Gasteiger partial charge >= 0.3 is 0 Å². The summed E-state index contributed by atoms with van der Waals surface area (Å²) in [6.07, 6.45) is 2.32. The van der Waals surface area contributed by atoms with Gasteiger partial charge in [-0.3, -0.25) is 14.9 Å². The summed E-state index contributed by atoms with van der Waals surface area (Å²) in [4.78, 5) is 28.0. The molecule has 0 unspecified atom stereocenters. The molecule has 1 aliphatic heterocycles. The average Bonchev–Trinajstić information content (AvgIpc) is 3.25. The van der Waals surface area contributed by atoms with Crippen LogP contribution in [0.4, 0.5) is 5.69 Å². The maximum Gasteiger partial charge on any atom is 0.273 e. The number of methoxy groups -OCH3 is 1. The van der Waals surface area contributed by atoms with Gasteiger partial charge in [-0.15, -0.1) is 0 Å². The van der Waals surface area contributed by atoms with Gasteiger partial charge in [-0.1, -0.05) is 30.3 Å². The highest BCUT2D eigenvalue weighted by atomic mass is 16.6. The van der Waals surface area contributed by atoms with E-state index in [-0.39, 0.29) is 24.1 Å². The fourth-order valence-electron chi connectivity index (χ4n) is 3.81. The van der Waals surface area contributed by atoms with Gasteiger partial charge in [-0.05, 0) is 43.6 Å². The first kappa shape index (κ1) is 20.8. The molecule has 0 radical (unpaired) electrons. The summed E-state index contributed by atoms with van der Waals surface area (Å²) in [7, 11) is 3.40. The molecule has 0 spiro atoms. The zero-order valence-electron chi connectivity index (χ0n) is 16.9. The van der Waals surface area contributed by atoms with Crippen LogP contribution in [-0.4, -0.2) is 54.4 Å². The van der Waals surface area contributed by atoms with E-state index in [2.05, 4.69) is 4.90 Å². The molecule has 154 valence electrons. The zero-order valence-corrected chi connectivity index (χ0v) is 16.9. The smallest absolute Gasteiger partial charge is 0.273 e. The van der Waals surface area contributed by atoms with Crippen molar-refractivity contribution in [3.05, 3.63) is 69.8 Å². The first-order chi connectivity index (χ1) is 14.0. The van der Waals surface area contributed by atoms with Gasteiger partial charge in [0.05, 0.1) is 24.5 Å². The standard InChI is InChI=1S/C22H27N3O4/c1-23(22(26)15-18-8-3-4-11-20(18)25(27)28)21(16-24-12-5-6-13-24)17-9-7-10-19(14-17)29-2/h3-4,7-11,14,21H,5-6,12-13,15-16H2,1-2H3/t21-/m1/s1. The molecule has 0 aromatic heterocycles. The first-order valence-corrected chi connectivity index (χ1v) is 9.84. The quantitative estimate of drug-likeness (QED) is 0.504. The van der Waals surface area contributed by atoms with E-state index < -0.39 is 4.92 Å². The molecule has 1 fully saturated rings. The molecule has 0 bridgehead atoms. The molecule has 29 heavy (non-hydrogen) atoms. The number of para-hydroxylation sites is 1. The van der Waals surface area contributed by atoms with Crippen molar-refractivity contribution >= 4 is 11.6 Å². The number of hydrogen-bond acceptors (Lipinski definition) is 5. The first-order valence-electron chi connectivity index (χ1n) is 9.84. The van der Waals surface area contributed by atoms with E-state index in [1.54, 1.807) is 37.3 Å². The van der Waals surface area contributed by atoms with E-state index >= 15 is 0 Å². The van der Waals surface area contributed by atoms with Crippen molar-refractivity contribution in [2.75, 3.05) is 33.8 Å². The van der Waals surface area contributed by atoms with E-state index in [1.165, 1.54) is 18.9 Å². The third-order valence-electron chi connectivity index (χ3n) is 5.50. The number of nitro groups is 1. The van der Waals surface area contributed by atoms with Gasteiger partial charge < -0.3 is 14.5 Å². The largest absolute Gasteiger partial charge is 0.497 e. The molecule has 0 saturated carbocycles. The lowest BCUT2D eigenvalue weighted by Gasteiger charge is -2.32. The summed E-state index contributed by atoms with van der Waals surface area (Å²) in [5.41, 5.74) is 1.40. The molecule has 1 heterocycles. The van der Waals surface area contributed by atoms with Crippen LogP contribution in [0.1, 0.15) is 30.0 Å². The van der Waals surface area contributed by atoms with Crippen molar-refractivity contribution in [1.29, 1.82) is 0 Å². The van der Waals surface area contributed by atoms with Crippen LogP contribution < -0.4 is 4.74 Å². The monoisotopic (exact) mass is 397 g/mol. The Morgan fingerprint density at radius 1 is 1.21 bits per heavy atom. The van der Waals surface area contributed by atoms with Crippen molar-refractivity contribution in [3.63, 3.8) is 0 Å². The van der Waals surface area contributed by atoms with Crippen LogP contribution in [0, 0.1) is 10.1 Å². The Hall–Kier alpha value is -2.93. The maximum absolute atomic E-state index is 13.1. The molecule has 7 nitrogen and oxygen atoms in total. The SMILES string of the molecule is COc1cccc([C@@H](CN2CCCC2)N(C)C(=O)Cc2ccccc2[N+](=O)[O-])c1. The van der Waals surface area contributed by atoms with Crippen LogP contribution in [0.5, 0.6) is 5.75 Å². The van der Waals surface area contributed by atoms with E-state index in [9.17, 15) is 14.9 Å². The molecule has 1 aliphatic rings. The van der Waals surface area contributed by atoms with Crippen molar-refractivity contribution < 1.29 is 14.5 Å². The van der Waals surface area contributed by atoms with Crippen molar-refractivity contribution in [2.24, 2.45) is 0 Å². The topological polar surface area (TPSA) is 75.9 Å². The highest BCUT2D eigenvalue weighted by Crippen LogP contribution is 2.27. The van der Waals surface area contributed by atoms with Gasteiger partial charge in [0.15, 0.2) is 0 Å². The lowest BCUT2D eigenvalue weighted by Crippen LogP contribution is -2.39. The van der Waals surface area contributed by atoms with Gasteiger partial charge in [-0.25, -0.2) is 0 Å². The van der Waals surface area contributed by atoms with Gasteiger partial charge in [0, 0.05) is 25.2 Å². The minimum Gasteiger partial charge on any atom is -0.497 e. The van der Waals surface area contributed by atoms with E-state index in [0.29, 0.717) is 5.56 Å². The average molecular weight is 397 g/mol. The minimum absolute atomic E-state index is 0.00583. The molecule has 2 aromatic carbocycles. The highest BCUT2D eigenvalue weighted by Gasteiger charge is 2.27. The van der Waals surface area contributed by atoms with Gasteiger partial charge in [-0.2, -0.15) is 0 Å². The number of ether oxygens (including phenoxy) is 1. The van der Waals surface area contributed by atoms with Crippen molar-refractivity contribution in [2.45, 2.75) is 25.3 Å². The van der Waals surface area contributed by atoms with Crippen LogP contribution in [0.3, 0.4) is 0 Å². The Morgan fingerprint density at radius 3 is 2.62 bits per heavy atom. The third-order valence-corrected chi connectivity index (χ3v) is 5.50. The molecule has 2 aromatic rings. The minimum atomic E-state index is -0.438. The molecule has 1 saturated heterocycles. The second kappa shape index (κ2) is 9.52. The molecule has 0 N–H and O–H groups in total. The van der Waals surface area contributed by atoms with Gasteiger partial charge in [0.2, 0.25) is 5.91 Å². The van der Waals surface area contributed by atoms with Gasteiger partial charge in [0.1, 0.15) is 5.75 Å². The second-order valence-electron chi connectivity index (χ2n) is 7.37. The number of benzene rings is 2. The summed E-state index contributed by atoms with van der Waals surface area (Å²) in [5, 5.41) is 11.3. The number of rotatable bonds is 8. The lowest BCUT2D eigenvalue weighted by atomic mass is 10.0. The van der Waals surface area contributed by atoms with E-state index in [0.717, 1.165) is 30.9 Å². The number of amides is 1. The van der Waals surface area contributed by atoms with E-state index in [4.69, 9.17) is 4.74 Å². The molecule has 1 amide bonds. The number of hydrogen-bond donors (Lipinski definition) is 0. The zero-order chi connectivity index (χ0) is 20.8. The number of carbonyl (C=O) groups excluding carboxylic acids is 1. The second-order valence-corrected chi connectivity index (χ2v) is 7.37. The lowest BCUT2D eigenvalue weighted by molar-refractivity contribution is -0.385. The van der Waals surface area contributed by atoms with Crippen LogP contribution >= 0.6 is 0 Å². The maximum atomic E-state index is 13.1. The van der Waals surface area contributed by atoms with Gasteiger partial charge in [0.25, 0.3) is 5.69 Å². The van der Waals surface area contributed by atoms with Crippen molar-refractivity contribution in [3.8, 4) is 5.75 Å². The Morgan fingerprint density at radius 2 is 1.93 bits per heavy atom. The summed E-state index contributed by atoms with van der Waals surface area (Å²) in [6.45, 7) is 2.77. The summed E-state index contributed by atoms with van der Waals surface area (Å²) >= 11 is 0. The Balaban J connectivity index is 1.84. The highest BCUT2D eigenvalue weighted by molar-refractivity contribution is 5.80. The van der Waals surface area contributed by atoms with Crippen molar-refractivity contribution in [1.82, 2.24) is 9.80 Å². The predicted molar refractivity (Wildman–Crippen MR) is 111 cm³/mol. The Kier molecular flexibility index (Phi) is 6.82. The number of carbonyl (C=O) groups is 1. The Bertz CT molecular complexity index is 865. The molecular formula is C22H27N3O4. The molecule has 1 atom stereocenters. The van der Waals surface area contributed by atoms with Crippen LogP contribution in [0.2, 0.25) is 0 Å². The van der Waals surface area contributed by atoms with Crippen LogP contribution in [-0.2, 0) is 11.2 Å². The number of nitrogens with zero attached hydrogens (tertiary/aromatic N) is 3. The van der Waals surface area contributed by atoms with Crippen LogP contribution in [0.25, 0.3) is 0 Å². The summed E-state index contributed by atoms with van der Waals surface area (Å²) in [5.74, 6) is 0.597. The number of likely N-dealkylation sites (tertiary alicyclic amines) is 1. The van der Waals surface area contributed by atoms with E-state index in [1.807, 2.05) is 24.3 Å².